The van der Waals surface area contributed by atoms with Gasteiger partial charge in [0.25, 0.3) is 18.5 Å². The third-order valence-electron chi connectivity index (χ3n) is 6.10. The van der Waals surface area contributed by atoms with Crippen molar-refractivity contribution in [2.75, 3.05) is 53.0 Å². The quantitative estimate of drug-likeness (QED) is 0.158. The van der Waals surface area contributed by atoms with Gasteiger partial charge in [-0.3, -0.25) is 13.8 Å². The number of rotatable bonds is 10. The zero-order valence-corrected chi connectivity index (χ0v) is 24.0. The maximum atomic E-state index is 13.3. The predicted octanol–water partition coefficient (Wildman–Crippen LogP) is -0.309. The first kappa shape index (κ1) is 31.6. The smallest absolute Gasteiger partial charge is 0.359 e. The van der Waals surface area contributed by atoms with Crippen LogP contribution >= 0.6 is 11.3 Å². The number of hydrogen-bond donors (Lipinski definition) is 2. The minimum atomic E-state index is -1.44. The average molecular weight is 609 g/mol. The number of nitrogens with zero attached hydrogens (tertiary/aromatic N) is 5. The average Bonchev–Trinajstić information content (AvgIpc) is 3.34. The minimum absolute atomic E-state index is 0. The van der Waals surface area contributed by atoms with Crippen LogP contribution in [-0.2, 0) is 41.4 Å². The van der Waals surface area contributed by atoms with Gasteiger partial charge in [-0.25, -0.2) is 9.78 Å². The molecule has 14 nitrogen and oxygen atoms in total. The molecule has 0 aromatic carbocycles. The second-order valence-corrected chi connectivity index (χ2v) is 11.5. The molecule has 3 N–H and O–H groups in total. The van der Waals surface area contributed by atoms with E-state index in [1.165, 1.54) is 19.1 Å². The number of ether oxygens (including phenoxy) is 2. The standard InChI is InChI=1S/C24H29N7O7S2.CH4/c1-29(2)21(33)14-6-5-7-30(8-14)13-38-23(34)19-15(10-36-3)12-40(35)22-16(9-31(19)22)26-20(32)18(28-37-4)17-11-39-24(25)27-17;/h5-8,11,16,22H,9-10,12-13H2,1-4H3,(H2-,25,26,27,32);1H4/p+1/b28-18+;/t16-,22-,40?;/m1./s1. The van der Waals surface area contributed by atoms with Crippen molar-refractivity contribution in [3.8, 4) is 0 Å². The summed E-state index contributed by atoms with van der Waals surface area (Å²) in [5.74, 6) is -1.31. The Morgan fingerprint density at radius 2 is 2.10 bits per heavy atom. The molecule has 2 aromatic rings. The highest BCUT2D eigenvalue weighted by atomic mass is 32.2. The van der Waals surface area contributed by atoms with Crippen molar-refractivity contribution in [2.45, 2.75) is 25.6 Å². The molecule has 0 saturated carbocycles. The highest BCUT2D eigenvalue weighted by Gasteiger charge is 2.50. The molecule has 0 radical (unpaired) electrons. The second-order valence-electron chi connectivity index (χ2n) is 9.09. The first-order chi connectivity index (χ1) is 19.1. The number of fused-ring (bicyclic) bond motifs is 1. The van der Waals surface area contributed by atoms with Crippen molar-refractivity contribution in [3.63, 3.8) is 0 Å². The summed E-state index contributed by atoms with van der Waals surface area (Å²) in [6.07, 6.45) is 3.26. The van der Waals surface area contributed by atoms with Crippen LogP contribution in [0.1, 0.15) is 23.5 Å². The molecule has 0 bridgehead atoms. The molecule has 2 amide bonds. The Bertz CT molecular complexity index is 1390. The van der Waals surface area contributed by atoms with Crippen LogP contribution < -0.4 is 15.6 Å². The summed E-state index contributed by atoms with van der Waals surface area (Å²) in [7, 11) is 4.64. The van der Waals surface area contributed by atoms with Gasteiger partial charge < -0.3 is 35.2 Å². The molecule has 4 rings (SSSR count). The SMILES string of the molecule is C.COCC1=C(C(=O)OC[n+]2cccc(C(=O)N(C)C)c2)N2C[C@@H](NC(=O)/C(=N/OC)c3csc(N)n3)[C@H]2S(=O)C1. The number of thiazole rings is 1. The van der Waals surface area contributed by atoms with Crippen LogP contribution in [0.25, 0.3) is 0 Å². The van der Waals surface area contributed by atoms with Crippen molar-refractivity contribution in [2.24, 2.45) is 5.16 Å². The summed E-state index contributed by atoms with van der Waals surface area (Å²) in [4.78, 5) is 50.6. The van der Waals surface area contributed by atoms with Crippen LogP contribution in [0, 0.1) is 0 Å². The summed E-state index contributed by atoms with van der Waals surface area (Å²) >= 11 is 1.15. The normalized spacial score (nSPS) is 19.9. The lowest BCUT2D eigenvalue weighted by Crippen LogP contribution is -2.70. The summed E-state index contributed by atoms with van der Waals surface area (Å²) in [5.41, 5.74) is 7.09. The summed E-state index contributed by atoms with van der Waals surface area (Å²) in [5, 5.41) is 7.79. The summed E-state index contributed by atoms with van der Waals surface area (Å²) in [6.45, 7) is 0.151. The number of carbonyl (C=O) groups is 3. The highest BCUT2D eigenvalue weighted by molar-refractivity contribution is 7.86. The Kier molecular flexibility index (Phi) is 10.5. The molecule has 41 heavy (non-hydrogen) atoms. The predicted molar refractivity (Wildman–Crippen MR) is 152 cm³/mol. The number of nitrogens with one attached hydrogen (secondary N) is 1. The number of anilines is 1. The van der Waals surface area contributed by atoms with Crippen molar-refractivity contribution in [1.29, 1.82) is 0 Å². The molecule has 2 aromatic heterocycles. The van der Waals surface area contributed by atoms with Gasteiger partial charge in [-0.05, 0) is 11.6 Å². The molecule has 3 atom stereocenters. The number of amides is 2. The van der Waals surface area contributed by atoms with Gasteiger partial charge in [0.2, 0.25) is 0 Å². The number of pyridine rings is 1. The van der Waals surface area contributed by atoms with Gasteiger partial charge in [-0.15, -0.1) is 11.3 Å². The van der Waals surface area contributed by atoms with Crippen molar-refractivity contribution < 1.29 is 37.5 Å². The number of nitrogen functional groups attached to an aromatic ring is 1. The third-order valence-corrected chi connectivity index (χ3v) is 8.53. The molecule has 1 unspecified atom stereocenters. The zero-order valence-electron chi connectivity index (χ0n) is 22.4. The maximum absolute atomic E-state index is 13.3. The lowest BCUT2D eigenvalue weighted by atomic mass is 10.0. The number of nitrogens with two attached hydrogens (primary N) is 1. The Morgan fingerprint density at radius 3 is 2.73 bits per heavy atom. The van der Waals surface area contributed by atoms with Crippen molar-refractivity contribution >= 4 is 50.8 Å². The van der Waals surface area contributed by atoms with E-state index in [0.29, 0.717) is 11.1 Å². The topological polar surface area (TPSA) is 170 Å². The van der Waals surface area contributed by atoms with E-state index in [9.17, 15) is 18.6 Å². The zero-order chi connectivity index (χ0) is 29.0. The van der Waals surface area contributed by atoms with Gasteiger partial charge in [0.1, 0.15) is 29.4 Å². The van der Waals surface area contributed by atoms with E-state index in [4.69, 9.17) is 20.0 Å². The van der Waals surface area contributed by atoms with Crippen LogP contribution in [-0.4, -0.2) is 101 Å². The van der Waals surface area contributed by atoms with Crippen LogP contribution in [0.3, 0.4) is 0 Å². The Morgan fingerprint density at radius 1 is 1.34 bits per heavy atom. The lowest BCUT2D eigenvalue weighted by Gasteiger charge is -2.51. The molecule has 2 aliphatic heterocycles. The van der Waals surface area contributed by atoms with Crippen molar-refractivity contribution in [1.82, 2.24) is 20.1 Å². The number of hydrogen-bond acceptors (Lipinski definition) is 12. The largest absolute Gasteiger partial charge is 0.400 e. The molecule has 0 aliphatic carbocycles. The van der Waals surface area contributed by atoms with Gasteiger partial charge in [0.05, 0.1) is 29.2 Å². The third kappa shape index (κ3) is 6.89. The fourth-order valence-electron chi connectivity index (χ4n) is 4.34. The van der Waals surface area contributed by atoms with E-state index in [2.05, 4.69) is 15.5 Å². The Labute approximate surface area is 244 Å². The van der Waals surface area contributed by atoms with Crippen LogP contribution in [0.15, 0.2) is 46.3 Å². The number of oxime groups is 1. The molecule has 1 saturated heterocycles. The molecule has 222 valence electrons. The second kappa shape index (κ2) is 13.6. The summed E-state index contributed by atoms with van der Waals surface area (Å²) in [6, 6.07) is 2.81. The van der Waals surface area contributed by atoms with Crippen molar-refractivity contribution in [3.05, 3.63) is 52.4 Å². The molecule has 4 heterocycles. The summed E-state index contributed by atoms with van der Waals surface area (Å²) < 4.78 is 25.6. The van der Waals surface area contributed by atoms with Crippen LogP contribution in [0.5, 0.6) is 0 Å². The van der Waals surface area contributed by atoms with Gasteiger partial charge in [-0.1, -0.05) is 12.6 Å². The molecule has 0 spiro atoms. The first-order valence-electron chi connectivity index (χ1n) is 12.0. The molecule has 16 heteroatoms. The molecular formula is C25H34N7O7S2+. The Balaban J connectivity index is 0.00000462. The maximum Gasteiger partial charge on any atom is 0.359 e. The fraction of sp³-hybridized carbons (Fsp3) is 0.440. The van der Waals surface area contributed by atoms with Crippen LogP contribution in [0.4, 0.5) is 5.13 Å². The van der Waals surface area contributed by atoms with E-state index in [-0.39, 0.29) is 61.2 Å². The lowest BCUT2D eigenvalue weighted by molar-refractivity contribution is -0.727. The van der Waals surface area contributed by atoms with Gasteiger partial charge in [-0.2, -0.15) is 4.57 Å². The van der Waals surface area contributed by atoms with E-state index >= 15 is 0 Å². The molecular weight excluding hydrogens is 574 g/mol. The minimum Gasteiger partial charge on any atom is -0.400 e. The molecule has 2 aliphatic rings. The van der Waals surface area contributed by atoms with E-state index in [1.54, 1.807) is 53.5 Å². The Hall–Kier alpha value is -3.89. The van der Waals surface area contributed by atoms with E-state index in [0.717, 1.165) is 11.3 Å². The van der Waals surface area contributed by atoms with Gasteiger partial charge in [0.15, 0.2) is 23.2 Å². The number of carbonyl (C=O) groups excluding carboxylic acids is 3. The van der Waals surface area contributed by atoms with Crippen LogP contribution in [0.2, 0.25) is 0 Å². The van der Waals surface area contributed by atoms with Gasteiger partial charge in [0, 0.05) is 39.2 Å². The first-order valence-corrected chi connectivity index (χ1v) is 14.3. The number of methoxy groups -OCH3 is 1. The monoisotopic (exact) mass is 608 g/mol. The van der Waals surface area contributed by atoms with Gasteiger partial charge >= 0.3 is 5.97 Å². The fourth-order valence-corrected chi connectivity index (χ4v) is 6.62. The highest BCUT2D eigenvalue weighted by Crippen LogP contribution is 2.34. The van der Waals surface area contributed by atoms with E-state index < -0.39 is 34.1 Å². The number of esters is 1. The molecule has 1 fully saturated rings. The number of aromatic nitrogens is 2. The van der Waals surface area contributed by atoms with E-state index in [1.807, 2.05) is 0 Å².